The molecule has 0 unspecified atom stereocenters. The van der Waals surface area contributed by atoms with Crippen molar-refractivity contribution < 1.29 is 26.4 Å². The molecule has 0 aliphatic heterocycles. The van der Waals surface area contributed by atoms with Crippen molar-refractivity contribution in [1.29, 1.82) is 0 Å². The number of hydrogen-bond donors (Lipinski definition) is 1. The van der Waals surface area contributed by atoms with E-state index in [1.807, 2.05) is 32.0 Å². The number of rotatable bonds is 7. The summed E-state index contributed by atoms with van der Waals surface area (Å²) in [6, 6.07) is 14.7. The molecule has 186 valence electrons. The number of sulfonamides is 1. The number of carbonyl (C=O) groups is 1. The smallest absolute Gasteiger partial charge is 0.348 e. The molecule has 0 radical (unpaired) electrons. The summed E-state index contributed by atoms with van der Waals surface area (Å²) in [5, 5.41) is 2.49. The second-order valence-corrected chi connectivity index (χ2v) is 10.4. The third-order valence-corrected chi connectivity index (χ3v) is 7.52. The summed E-state index contributed by atoms with van der Waals surface area (Å²) in [7, 11) is -4.43. The molecular formula is C25H24ClF3N2O3S. The molecule has 5 nitrogen and oxygen atoms in total. The highest BCUT2D eigenvalue weighted by molar-refractivity contribution is 7.92. The van der Waals surface area contributed by atoms with Gasteiger partial charge in [0.05, 0.1) is 27.2 Å². The Kier molecular flexibility index (Phi) is 7.81. The maximum Gasteiger partial charge on any atom is 0.416 e. The van der Waals surface area contributed by atoms with E-state index >= 15 is 0 Å². The maximum atomic E-state index is 13.4. The zero-order valence-electron chi connectivity index (χ0n) is 19.2. The van der Waals surface area contributed by atoms with Gasteiger partial charge in [0, 0.05) is 0 Å². The monoisotopic (exact) mass is 524 g/mol. The fraction of sp³-hybridized carbons (Fsp3) is 0.240. The summed E-state index contributed by atoms with van der Waals surface area (Å²) in [5.74, 6) is -0.703. The van der Waals surface area contributed by atoms with E-state index < -0.39 is 45.9 Å². The fourth-order valence-corrected chi connectivity index (χ4v) is 5.43. The fourth-order valence-electron chi connectivity index (χ4n) is 3.71. The number of nitrogens with zero attached hydrogens (tertiary/aromatic N) is 1. The Morgan fingerprint density at radius 2 is 1.69 bits per heavy atom. The van der Waals surface area contributed by atoms with E-state index in [1.165, 1.54) is 24.3 Å². The number of anilines is 1. The number of carbonyl (C=O) groups excluding carboxylic acids is 1. The van der Waals surface area contributed by atoms with E-state index in [2.05, 4.69) is 5.32 Å². The van der Waals surface area contributed by atoms with E-state index in [0.29, 0.717) is 10.4 Å². The Morgan fingerprint density at radius 3 is 2.29 bits per heavy atom. The van der Waals surface area contributed by atoms with E-state index in [4.69, 9.17) is 11.6 Å². The van der Waals surface area contributed by atoms with Crippen LogP contribution in [0.4, 0.5) is 18.9 Å². The first-order chi connectivity index (χ1) is 16.3. The topological polar surface area (TPSA) is 66.5 Å². The van der Waals surface area contributed by atoms with Gasteiger partial charge < -0.3 is 5.32 Å². The molecule has 0 heterocycles. The Balaban J connectivity index is 2.01. The quantitative estimate of drug-likeness (QED) is 0.409. The predicted molar refractivity (Wildman–Crippen MR) is 130 cm³/mol. The first kappa shape index (κ1) is 26.6. The Hall–Kier alpha value is -3.04. The lowest BCUT2D eigenvalue weighted by Crippen LogP contribution is -2.42. The average Bonchev–Trinajstić information content (AvgIpc) is 2.77. The van der Waals surface area contributed by atoms with Crippen LogP contribution in [0, 0.1) is 13.8 Å². The standard InChI is InChI=1S/C25H24ClF3N2O3S/c1-16-9-11-21(17(2)13-16)18(3)30-24(32)15-31(35(33,34)20-7-5-4-6-8-20)23-14-19(25(27,28)29)10-12-22(23)26/h4-14,18H,15H2,1-3H3,(H,30,32)/t18-/m0/s1. The van der Waals surface area contributed by atoms with E-state index in [9.17, 15) is 26.4 Å². The second kappa shape index (κ2) is 10.3. The minimum Gasteiger partial charge on any atom is -0.348 e. The van der Waals surface area contributed by atoms with Crippen LogP contribution in [0.25, 0.3) is 0 Å². The third-order valence-electron chi connectivity index (χ3n) is 5.43. The van der Waals surface area contributed by atoms with E-state index in [1.54, 1.807) is 13.0 Å². The Morgan fingerprint density at radius 1 is 1.03 bits per heavy atom. The lowest BCUT2D eigenvalue weighted by atomic mass is 10.0. The van der Waals surface area contributed by atoms with E-state index in [0.717, 1.165) is 28.8 Å². The number of benzene rings is 3. The molecule has 0 fully saturated rings. The van der Waals surface area contributed by atoms with Crippen molar-refractivity contribution in [3.8, 4) is 0 Å². The van der Waals surface area contributed by atoms with Crippen LogP contribution in [0.5, 0.6) is 0 Å². The first-order valence-electron chi connectivity index (χ1n) is 10.6. The summed E-state index contributed by atoms with van der Waals surface area (Å²) >= 11 is 6.15. The summed E-state index contributed by atoms with van der Waals surface area (Å²) in [6.45, 7) is 4.79. The molecule has 0 saturated carbocycles. The lowest BCUT2D eigenvalue weighted by Gasteiger charge is -2.27. The third kappa shape index (κ3) is 6.15. The molecule has 35 heavy (non-hydrogen) atoms. The molecule has 1 atom stereocenters. The number of halogens is 4. The highest BCUT2D eigenvalue weighted by Gasteiger charge is 2.34. The van der Waals surface area contributed by atoms with Gasteiger partial charge in [-0.15, -0.1) is 0 Å². The molecule has 1 N–H and O–H groups in total. The van der Waals surface area contributed by atoms with Gasteiger partial charge >= 0.3 is 6.18 Å². The van der Waals surface area contributed by atoms with Gasteiger partial charge in [-0.3, -0.25) is 9.10 Å². The minimum atomic E-state index is -4.73. The Labute approximate surface area is 207 Å². The van der Waals surface area contributed by atoms with Crippen LogP contribution >= 0.6 is 11.6 Å². The predicted octanol–water partition coefficient (Wildman–Crippen LogP) is 6.05. The number of amides is 1. The van der Waals surface area contributed by atoms with Crippen LogP contribution in [0.3, 0.4) is 0 Å². The molecule has 1 amide bonds. The van der Waals surface area contributed by atoms with Crippen LogP contribution in [0.15, 0.2) is 71.6 Å². The molecule has 0 aliphatic rings. The lowest BCUT2D eigenvalue weighted by molar-refractivity contribution is -0.137. The molecule has 0 aromatic heterocycles. The van der Waals surface area contributed by atoms with Gasteiger partial charge in [0.2, 0.25) is 5.91 Å². The van der Waals surface area contributed by atoms with Gasteiger partial charge in [0.25, 0.3) is 10.0 Å². The molecule has 3 rings (SSSR count). The minimum absolute atomic E-state index is 0.191. The van der Waals surface area contributed by atoms with Crippen molar-refractivity contribution in [3.05, 3.63) is 94.0 Å². The molecule has 0 saturated heterocycles. The largest absolute Gasteiger partial charge is 0.416 e. The van der Waals surface area contributed by atoms with Crippen molar-refractivity contribution in [2.24, 2.45) is 0 Å². The van der Waals surface area contributed by atoms with Gasteiger partial charge in [0.15, 0.2) is 0 Å². The van der Waals surface area contributed by atoms with Crippen molar-refractivity contribution in [2.75, 3.05) is 10.8 Å². The second-order valence-electron chi connectivity index (χ2n) is 8.14. The van der Waals surface area contributed by atoms with Crippen molar-refractivity contribution in [3.63, 3.8) is 0 Å². The zero-order chi connectivity index (χ0) is 26.0. The zero-order valence-corrected chi connectivity index (χ0v) is 20.8. The highest BCUT2D eigenvalue weighted by atomic mass is 35.5. The molecule has 0 bridgehead atoms. The number of alkyl halides is 3. The summed E-state index contributed by atoms with van der Waals surface area (Å²) < 4.78 is 67.6. The maximum absolute atomic E-state index is 13.4. The molecule has 3 aromatic rings. The molecule has 0 spiro atoms. The number of aryl methyl sites for hydroxylation is 2. The Bertz CT molecular complexity index is 1330. The van der Waals surface area contributed by atoms with Crippen LogP contribution in [0.2, 0.25) is 5.02 Å². The van der Waals surface area contributed by atoms with Gasteiger partial charge in [0.1, 0.15) is 6.54 Å². The molecule has 0 aliphatic carbocycles. The van der Waals surface area contributed by atoms with Crippen LogP contribution in [-0.4, -0.2) is 20.9 Å². The summed E-state index contributed by atoms with van der Waals surface area (Å²) in [4.78, 5) is 12.8. The van der Waals surface area contributed by atoms with Crippen LogP contribution in [-0.2, 0) is 21.0 Å². The van der Waals surface area contributed by atoms with Crippen molar-refractivity contribution in [2.45, 2.75) is 37.9 Å². The van der Waals surface area contributed by atoms with Crippen LogP contribution in [0.1, 0.15) is 35.2 Å². The normalized spacial score (nSPS) is 12.8. The molecule has 3 aromatic carbocycles. The first-order valence-corrected chi connectivity index (χ1v) is 12.4. The molecular weight excluding hydrogens is 501 g/mol. The summed E-state index contributed by atoms with van der Waals surface area (Å²) in [5.41, 5.74) is 1.28. The van der Waals surface area contributed by atoms with Crippen molar-refractivity contribution >= 4 is 33.2 Å². The van der Waals surface area contributed by atoms with Gasteiger partial charge in [-0.1, -0.05) is 53.6 Å². The summed E-state index contributed by atoms with van der Waals surface area (Å²) in [6.07, 6.45) is -4.73. The van der Waals surface area contributed by atoms with Gasteiger partial charge in [-0.2, -0.15) is 13.2 Å². The van der Waals surface area contributed by atoms with E-state index in [-0.39, 0.29) is 9.92 Å². The average molecular weight is 525 g/mol. The molecule has 10 heteroatoms. The van der Waals surface area contributed by atoms with Gasteiger partial charge in [-0.25, -0.2) is 8.42 Å². The van der Waals surface area contributed by atoms with Gasteiger partial charge in [-0.05, 0) is 62.2 Å². The number of nitrogens with one attached hydrogen (secondary N) is 1. The SMILES string of the molecule is Cc1ccc([C@H](C)NC(=O)CN(c2cc(C(F)(F)F)ccc2Cl)S(=O)(=O)c2ccccc2)c(C)c1. The highest BCUT2D eigenvalue weighted by Crippen LogP contribution is 2.37. The number of hydrogen-bond acceptors (Lipinski definition) is 3. The van der Waals surface area contributed by atoms with Crippen LogP contribution < -0.4 is 9.62 Å². The van der Waals surface area contributed by atoms with Crippen molar-refractivity contribution in [1.82, 2.24) is 5.32 Å².